The summed E-state index contributed by atoms with van der Waals surface area (Å²) < 4.78 is 29.4. The highest BCUT2D eigenvalue weighted by molar-refractivity contribution is 7.99. The van der Waals surface area contributed by atoms with E-state index in [0.717, 1.165) is 4.88 Å². The van der Waals surface area contributed by atoms with E-state index in [4.69, 9.17) is 0 Å². The van der Waals surface area contributed by atoms with Gasteiger partial charge in [0.05, 0.1) is 16.8 Å². The first-order valence-corrected chi connectivity index (χ1v) is 9.50. The van der Waals surface area contributed by atoms with Gasteiger partial charge in [-0.2, -0.15) is 0 Å². The number of anilines is 1. The number of rotatable bonds is 4. The van der Waals surface area contributed by atoms with E-state index < -0.39 is 17.5 Å². The second-order valence-corrected chi connectivity index (χ2v) is 7.70. The Bertz CT molecular complexity index is 977. The molecule has 26 heavy (non-hydrogen) atoms. The second-order valence-electron chi connectivity index (χ2n) is 5.65. The fourth-order valence-electron chi connectivity index (χ4n) is 2.68. The molecule has 2 heterocycles. The summed E-state index contributed by atoms with van der Waals surface area (Å²) in [6, 6.07) is 8.22. The van der Waals surface area contributed by atoms with Crippen LogP contribution in [0.25, 0.3) is 0 Å². The van der Waals surface area contributed by atoms with E-state index in [9.17, 15) is 13.6 Å². The number of hydrogen-bond acceptors (Lipinski definition) is 5. The molecule has 2 aromatic carbocycles. The zero-order valence-corrected chi connectivity index (χ0v) is 15.0. The predicted molar refractivity (Wildman–Crippen MR) is 97.5 cm³/mol. The van der Waals surface area contributed by atoms with Gasteiger partial charge in [-0.1, -0.05) is 23.9 Å². The van der Waals surface area contributed by atoms with Gasteiger partial charge in [-0.3, -0.25) is 9.78 Å². The van der Waals surface area contributed by atoms with Crippen molar-refractivity contribution in [1.82, 2.24) is 10.3 Å². The van der Waals surface area contributed by atoms with Gasteiger partial charge < -0.3 is 10.6 Å². The summed E-state index contributed by atoms with van der Waals surface area (Å²) in [6.45, 7) is 0.476. The Labute approximate surface area is 156 Å². The molecule has 1 aliphatic rings. The molecule has 8 heteroatoms. The van der Waals surface area contributed by atoms with Gasteiger partial charge in [0.15, 0.2) is 5.82 Å². The highest BCUT2D eigenvalue weighted by atomic mass is 32.2. The predicted octanol–water partition coefficient (Wildman–Crippen LogP) is 4.43. The van der Waals surface area contributed by atoms with Crippen LogP contribution in [-0.4, -0.2) is 10.9 Å². The van der Waals surface area contributed by atoms with Crippen LogP contribution in [0.2, 0.25) is 0 Å². The number of aromatic nitrogens is 1. The summed E-state index contributed by atoms with van der Waals surface area (Å²) in [5, 5.41) is 5.59. The normalized spacial score (nSPS) is 12.9. The summed E-state index contributed by atoms with van der Waals surface area (Å²) in [6.07, 6.45) is 1.70. The smallest absolute Gasteiger partial charge is 0.256 e. The first kappa shape index (κ1) is 17.1. The maximum atomic E-state index is 14.9. The Morgan fingerprint density at radius 2 is 2.00 bits per heavy atom. The Morgan fingerprint density at radius 3 is 2.81 bits per heavy atom. The molecule has 0 atom stereocenters. The van der Waals surface area contributed by atoms with Crippen LogP contribution in [0, 0.1) is 11.6 Å². The first-order valence-electron chi connectivity index (χ1n) is 7.80. The minimum Gasteiger partial charge on any atom is -0.318 e. The number of halogens is 2. The van der Waals surface area contributed by atoms with Crippen molar-refractivity contribution in [1.29, 1.82) is 0 Å². The van der Waals surface area contributed by atoms with Crippen molar-refractivity contribution in [3.63, 3.8) is 0 Å². The van der Waals surface area contributed by atoms with Crippen molar-refractivity contribution < 1.29 is 13.6 Å². The molecule has 0 unspecified atom stereocenters. The van der Waals surface area contributed by atoms with Crippen LogP contribution in [0.4, 0.5) is 14.5 Å². The van der Waals surface area contributed by atoms with Crippen molar-refractivity contribution in [3.05, 3.63) is 69.7 Å². The minimum absolute atomic E-state index is 0.0103. The topological polar surface area (TPSA) is 54.0 Å². The summed E-state index contributed by atoms with van der Waals surface area (Å²) in [5.74, 6) is -1.79. The zero-order valence-electron chi connectivity index (χ0n) is 13.4. The average Bonchev–Trinajstić information content (AvgIpc) is 3.10. The molecular formula is C18H13F2N3OS2. The summed E-state index contributed by atoms with van der Waals surface area (Å²) in [4.78, 5) is 18.3. The Kier molecular flexibility index (Phi) is 4.71. The molecule has 132 valence electrons. The van der Waals surface area contributed by atoms with Crippen LogP contribution >= 0.6 is 23.1 Å². The maximum absolute atomic E-state index is 14.9. The maximum Gasteiger partial charge on any atom is 0.256 e. The number of fused-ring (bicyclic) bond motifs is 2. The van der Waals surface area contributed by atoms with Gasteiger partial charge in [0, 0.05) is 39.5 Å². The van der Waals surface area contributed by atoms with Gasteiger partial charge in [-0.25, -0.2) is 8.78 Å². The third kappa shape index (κ3) is 3.23. The fraction of sp³-hybridized carbons (Fsp3) is 0.111. The monoisotopic (exact) mass is 389 g/mol. The fourth-order valence-corrected chi connectivity index (χ4v) is 4.30. The van der Waals surface area contributed by atoms with Crippen molar-refractivity contribution in [2.45, 2.75) is 22.9 Å². The molecule has 1 aromatic heterocycles. The molecule has 0 radical (unpaired) electrons. The SMILES string of the molecule is O=C1Nc2c(cc(F)c(CNCc3cncs3)c2F)Sc2ccccc21. The summed E-state index contributed by atoms with van der Waals surface area (Å²) >= 11 is 2.64. The van der Waals surface area contributed by atoms with Crippen molar-refractivity contribution >= 4 is 34.7 Å². The van der Waals surface area contributed by atoms with E-state index in [1.165, 1.54) is 29.2 Å². The molecule has 0 bridgehead atoms. The van der Waals surface area contributed by atoms with E-state index in [-0.39, 0.29) is 17.8 Å². The van der Waals surface area contributed by atoms with Gasteiger partial charge in [0.1, 0.15) is 5.82 Å². The number of amides is 1. The lowest BCUT2D eigenvalue weighted by Gasteiger charge is -2.13. The molecule has 1 aliphatic heterocycles. The average molecular weight is 389 g/mol. The molecule has 1 amide bonds. The van der Waals surface area contributed by atoms with Crippen LogP contribution in [0.15, 0.2) is 51.8 Å². The van der Waals surface area contributed by atoms with Crippen LogP contribution in [0.1, 0.15) is 20.8 Å². The first-order chi connectivity index (χ1) is 12.6. The highest BCUT2D eigenvalue weighted by Crippen LogP contribution is 2.41. The standard InChI is InChI=1S/C18H13F2N3OS2/c19-13-5-15-17(23-18(24)11-3-1-2-4-14(11)26-15)16(20)12(13)8-21-6-10-7-22-9-25-10/h1-5,7,9,21H,6,8H2,(H,23,24). The number of carbonyl (C=O) groups excluding carboxylic acids is 1. The molecule has 0 spiro atoms. The third-order valence-corrected chi connectivity index (χ3v) is 5.85. The summed E-state index contributed by atoms with van der Waals surface area (Å²) in [7, 11) is 0. The number of hydrogen-bond donors (Lipinski definition) is 2. The number of nitrogens with zero attached hydrogens (tertiary/aromatic N) is 1. The van der Waals surface area contributed by atoms with Crippen molar-refractivity contribution in [2.75, 3.05) is 5.32 Å². The van der Waals surface area contributed by atoms with Gasteiger partial charge >= 0.3 is 0 Å². The summed E-state index contributed by atoms with van der Waals surface area (Å²) in [5.41, 5.74) is 2.07. The zero-order chi connectivity index (χ0) is 18.1. The lowest BCUT2D eigenvalue weighted by atomic mass is 10.1. The number of thiazole rings is 1. The Hall–Kier alpha value is -2.29. The molecule has 0 saturated heterocycles. The number of benzene rings is 2. The molecule has 0 aliphatic carbocycles. The highest BCUT2D eigenvalue weighted by Gasteiger charge is 2.25. The molecule has 2 N–H and O–H groups in total. The van der Waals surface area contributed by atoms with E-state index in [2.05, 4.69) is 15.6 Å². The number of nitrogens with one attached hydrogen (secondary N) is 2. The quantitative estimate of drug-likeness (QED) is 0.693. The van der Waals surface area contributed by atoms with E-state index >= 15 is 0 Å². The van der Waals surface area contributed by atoms with Gasteiger partial charge in [-0.15, -0.1) is 11.3 Å². The Morgan fingerprint density at radius 1 is 1.15 bits per heavy atom. The molecule has 3 aromatic rings. The molecular weight excluding hydrogens is 376 g/mol. The largest absolute Gasteiger partial charge is 0.318 e. The molecule has 4 nitrogen and oxygen atoms in total. The second kappa shape index (κ2) is 7.14. The van der Waals surface area contributed by atoms with Gasteiger partial charge in [0.25, 0.3) is 5.91 Å². The van der Waals surface area contributed by atoms with E-state index in [1.807, 2.05) is 0 Å². The van der Waals surface area contributed by atoms with Gasteiger partial charge in [-0.05, 0) is 18.2 Å². The lowest BCUT2D eigenvalue weighted by Crippen LogP contribution is -2.17. The van der Waals surface area contributed by atoms with E-state index in [0.29, 0.717) is 21.9 Å². The van der Waals surface area contributed by atoms with E-state index in [1.54, 1.807) is 36.0 Å². The van der Waals surface area contributed by atoms with Crippen molar-refractivity contribution in [2.24, 2.45) is 0 Å². The molecule has 4 rings (SSSR count). The number of carbonyl (C=O) groups is 1. The van der Waals surface area contributed by atoms with Gasteiger partial charge in [0.2, 0.25) is 0 Å². The third-order valence-electron chi connectivity index (χ3n) is 3.95. The van der Waals surface area contributed by atoms with Crippen LogP contribution in [-0.2, 0) is 13.1 Å². The molecule has 0 fully saturated rings. The van der Waals surface area contributed by atoms with Crippen molar-refractivity contribution in [3.8, 4) is 0 Å². The van der Waals surface area contributed by atoms with Crippen LogP contribution in [0.5, 0.6) is 0 Å². The molecule has 0 saturated carbocycles. The van der Waals surface area contributed by atoms with Crippen LogP contribution < -0.4 is 10.6 Å². The minimum atomic E-state index is -0.745. The van der Waals surface area contributed by atoms with Crippen LogP contribution in [0.3, 0.4) is 0 Å². The lowest BCUT2D eigenvalue weighted by molar-refractivity contribution is 0.102. The Balaban J connectivity index is 1.63.